The quantitative estimate of drug-likeness (QED) is 0.791. The fourth-order valence-corrected chi connectivity index (χ4v) is 1.90. The topological polar surface area (TPSA) is 58.6 Å². The Hall–Kier alpha value is -1.59. The predicted molar refractivity (Wildman–Crippen MR) is 82.3 cm³/mol. The fourth-order valence-electron chi connectivity index (χ4n) is 1.78. The lowest BCUT2D eigenvalue weighted by Gasteiger charge is -2.20. The van der Waals surface area contributed by atoms with Crippen molar-refractivity contribution in [3.05, 3.63) is 34.9 Å². The molecule has 6 heteroatoms. The van der Waals surface area contributed by atoms with Gasteiger partial charge >= 0.3 is 0 Å². The van der Waals surface area contributed by atoms with Crippen LogP contribution in [0.25, 0.3) is 0 Å². The van der Waals surface area contributed by atoms with Crippen LogP contribution in [0, 0.1) is 0 Å². The average molecular weight is 313 g/mol. The van der Waals surface area contributed by atoms with Crippen LogP contribution in [-0.4, -0.2) is 50.1 Å². The molecule has 0 unspecified atom stereocenters. The van der Waals surface area contributed by atoms with Crippen LogP contribution in [0.4, 0.5) is 0 Å². The molecule has 0 aromatic heterocycles. The molecular formula is C15H21ClN2O3. The third-order valence-electron chi connectivity index (χ3n) is 2.99. The highest BCUT2D eigenvalue weighted by molar-refractivity contribution is 6.30. The van der Waals surface area contributed by atoms with Crippen LogP contribution >= 0.6 is 11.6 Å². The number of carbonyl (C=O) groups is 2. The number of carbonyl (C=O) groups excluding carboxylic acids is 2. The van der Waals surface area contributed by atoms with Gasteiger partial charge in [-0.1, -0.05) is 23.7 Å². The van der Waals surface area contributed by atoms with Gasteiger partial charge in [-0.3, -0.25) is 9.59 Å². The minimum atomic E-state index is -0.171. The summed E-state index contributed by atoms with van der Waals surface area (Å²) in [7, 11) is 1.56. The number of benzene rings is 1. The van der Waals surface area contributed by atoms with E-state index in [0.29, 0.717) is 24.7 Å². The maximum absolute atomic E-state index is 11.8. The van der Waals surface area contributed by atoms with E-state index in [4.69, 9.17) is 16.3 Å². The third kappa shape index (κ3) is 7.11. The van der Waals surface area contributed by atoms with E-state index in [1.807, 2.05) is 24.3 Å². The van der Waals surface area contributed by atoms with E-state index in [0.717, 1.165) is 12.0 Å². The van der Waals surface area contributed by atoms with Crippen molar-refractivity contribution in [3.8, 4) is 0 Å². The monoisotopic (exact) mass is 312 g/mol. The summed E-state index contributed by atoms with van der Waals surface area (Å²) in [6.45, 7) is 2.85. The van der Waals surface area contributed by atoms with Crippen molar-refractivity contribution < 1.29 is 14.3 Å². The number of ether oxygens (including phenoxy) is 1. The first kappa shape index (κ1) is 17.5. The van der Waals surface area contributed by atoms with E-state index in [1.165, 1.54) is 11.8 Å². The molecule has 0 bridgehead atoms. The zero-order valence-corrected chi connectivity index (χ0v) is 13.2. The first-order chi connectivity index (χ1) is 10.0. The Morgan fingerprint density at radius 2 is 1.95 bits per heavy atom. The standard InChI is InChI=1S/C15H21ClN2O3/c1-12(19)18(9-10-21-2)11-15(20)17-8-7-13-3-5-14(16)6-4-13/h3-6H,7-11H2,1-2H3,(H,17,20). The Labute approximate surface area is 130 Å². The molecule has 0 aliphatic rings. The van der Waals surface area contributed by atoms with E-state index >= 15 is 0 Å². The number of rotatable bonds is 8. The molecule has 0 heterocycles. The zero-order valence-electron chi connectivity index (χ0n) is 12.4. The molecule has 21 heavy (non-hydrogen) atoms. The van der Waals surface area contributed by atoms with Gasteiger partial charge in [0, 0.05) is 32.1 Å². The fraction of sp³-hybridized carbons (Fsp3) is 0.467. The molecule has 1 N–H and O–H groups in total. The number of nitrogens with one attached hydrogen (secondary N) is 1. The van der Waals surface area contributed by atoms with Gasteiger partial charge in [-0.2, -0.15) is 0 Å². The molecule has 0 atom stereocenters. The minimum Gasteiger partial charge on any atom is -0.383 e. The zero-order chi connectivity index (χ0) is 15.7. The molecule has 0 saturated carbocycles. The summed E-state index contributed by atoms with van der Waals surface area (Å²) in [5.41, 5.74) is 1.10. The second-order valence-corrected chi connectivity index (χ2v) is 5.10. The lowest BCUT2D eigenvalue weighted by molar-refractivity contribution is -0.134. The van der Waals surface area contributed by atoms with Gasteiger partial charge in [0.1, 0.15) is 0 Å². The maximum Gasteiger partial charge on any atom is 0.239 e. The first-order valence-electron chi connectivity index (χ1n) is 6.78. The molecule has 0 spiro atoms. The third-order valence-corrected chi connectivity index (χ3v) is 3.25. The first-order valence-corrected chi connectivity index (χ1v) is 7.16. The largest absolute Gasteiger partial charge is 0.383 e. The lowest BCUT2D eigenvalue weighted by Crippen LogP contribution is -2.41. The molecule has 5 nitrogen and oxygen atoms in total. The van der Waals surface area contributed by atoms with Crippen LogP contribution in [0.5, 0.6) is 0 Å². The molecule has 0 aliphatic carbocycles. The highest BCUT2D eigenvalue weighted by Crippen LogP contribution is 2.09. The maximum atomic E-state index is 11.8. The van der Waals surface area contributed by atoms with Crippen molar-refractivity contribution in [2.75, 3.05) is 33.4 Å². The highest BCUT2D eigenvalue weighted by Gasteiger charge is 2.12. The van der Waals surface area contributed by atoms with E-state index < -0.39 is 0 Å². The Bertz CT molecular complexity index is 462. The molecule has 1 rings (SSSR count). The van der Waals surface area contributed by atoms with Gasteiger partial charge in [0.15, 0.2) is 0 Å². The van der Waals surface area contributed by atoms with Crippen LogP contribution in [0.2, 0.25) is 5.02 Å². The van der Waals surface area contributed by atoms with Crippen molar-refractivity contribution >= 4 is 23.4 Å². The number of nitrogens with zero attached hydrogens (tertiary/aromatic N) is 1. The van der Waals surface area contributed by atoms with Gasteiger partial charge in [0.25, 0.3) is 0 Å². The van der Waals surface area contributed by atoms with Crippen molar-refractivity contribution in [3.63, 3.8) is 0 Å². The van der Waals surface area contributed by atoms with Crippen LogP contribution in [0.3, 0.4) is 0 Å². The van der Waals surface area contributed by atoms with Crippen molar-refractivity contribution in [2.45, 2.75) is 13.3 Å². The Balaban J connectivity index is 2.32. The predicted octanol–water partition coefficient (Wildman–Crippen LogP) is 1.49. The average Bonchev–Trinajstić information content (AvgIpc) is 2.45. The Morgan fingerprint density at radius 3 is 2.52 bits per heavy atom. The van der Waals surface area contributed by atoms with Gasteiger partial charge in [0.05, 0.1) is 13.2 Å². The molecular weight excluding hydrogens is 292 g/mol. The molecule has 1 aromatic carbocycles. The molecule has 0 saturated heterocycles. The van der Waals surface area contributed by atoms with Gasteiger partial charge < -0.3 is 15.0 Å². The summed E-state index contributed by atoms with van der Waals surface area (Å²) < 4.78 is 4.92. The highest BCUT2D eigenvalue weighted by atomic mass is 35.5. The van der Waals surface area contributed by atoms with E-state index in [1.54, 1.807) is 7.11 Å². The molecule has 0 aliphatic heterocycles. The molecule has 0 radical (unpaired) electrons. The smallest absolute Gasteiger partial charge is 0.239 e. The second-order valence-electron chi connectivity index (χ2n) is 4.66. The van der Waals surface area contributed by atoms with Crippen LogP contribution in [0.1, 0.15) is 12.5 Å². The Kier molecular flexibility index (Phi) is 7.79. The van der Waals surface area contributed by atoms with E-state index in [-0.39, 0.29) is 18.4 Å². The molecule has 2 amide bonds. The molecule has 0 fully saturated rings. The lowest BCUT2D eigenvalue weighted by atomic mass is 10.1. The van der Waals surface area contributed by atoms with Gasteiger partial charge in [-0.15, -0.1) is 0 Å². The number of hydrogen-bond donors (Lipinski definition) is 1. The number of hydrogen-bond acceptors (Lipinski definition) is 3. The van der Waals surface area contributed by atoms with Crippen LogP contribution < -0.4 is 5.32 Å². The van der Waals surface area contributed by atoms with Crippen molar-refractivity contribution in [1.82, 2.24) is 10.2 Å². The van der Waals surface area contributed by atoms with E-state index in [2.05, 4.69) is 5.32 Å². The number of methoxy groups -OCH3 is 1. The summed E-state index contributed by atoms with van der Waals surface area (Å²) in [4.78, 5) is 24.6. The van der Waals surface area contributed by atoms with E-state index in [9.17, 15) is 9.59 Å². The normalized spacial score (nSPS) is 10.2. The van der Waals surface area contributed by atoms with Crippen molar-refractivity contribution in [2.24, 2.45) is 0 Å². The SMILES string of the molecule is COCCN(CC(=O)NCCc1ccc(Cl)cc1)C(C)=O. The summed E-state index contributed by atoms with van der Waals surface area (Å²) in [6, 6.07) is 7.49. The van der Waals surface area contributed by atoms with Gasteiger partial charge in [0.2, 0.25) is 11.8 Å². The number of halogens is 1. The van der Waals surface area contributed by atoms with Crippen LogP contribution in [0.15, 0.2) is 24.3 Å². The number of amides is 2. The summed E-state index contributed by atoms with van der Waals surface area (Å²) >= 11 is 5.81. The molecule has 1 aromatic rings. The summed E-state index contributed by atoms with van der Waals surface area (Å²) in [6.07, 6.45) is 0.723. The summed E-state index contributed by atoms with van der Waals surface area (Å²) in [5, 5.41) is 3.49. The Morgan fingerprint density at radius 1 is 1.29 bits per heavy atom. The van der Waals surface area contributed by atoms with Crippen LogP contribution in [-0.2, 0) is 20.7 Å². The second kappa shape index (κ2) is 9.37. The molecule has 116 valence electrons. The van der Waals surface area contributed by atoms with Gasteiger partial charge in [-0.05, 0) is 24.1 Å². The van der Waals surface area contributed by atoms with Crippen molar-refractivity contribution in [1.29, 1.82) is 0 Å². The van der Waals surface area contributed by atoms with Gasteiger partial charge in [-0.25, -0.2) is 0 Å². The minimum absolute atomic E-state index is 0.0549. The summed E-state index contributed by atoms with van der Waals surface area (Å²) in [5.74, 6) is -0.310.